The summed E-state index contributed by atoms with van der Waals surface area (Å²) in [5, 5.41) is 11.7. The molecule has 0 radical (unpaired) electrons. The fraction of sp³-hybridized carbons (Fsp3) is 0.375. The number of nitrogens with one attached hydrogen (secondary N) is 1. The Kier molecular flexibility index (Phi) is 6.42. The van der Waals surface area contributed by atoms with E-state index in [4.69, 9.17) is 4.42 Å². The number of nitrogens with zero attached hydrogens (tertiary/aromatic N) is 3. The van der Waals surface area contributed by atoms with Crippen LogP contribution in [0.25, 0.3) is 0 Å². The molecule has 1 N–H and O–H groups in total. The van der Waals surface area contributed by atoms with Gasteiger partial charge in [0.25, 0.3) is 0 Å². The van der Waals surface area contributed by atoms with Crippen molar-refractivity contribution >= 4 is 11.9 Å². The fourth-order valence-corrected chi connectivity index (χ4v) is 3.99. The van der Waals surface area contributed by atoms with E-state index in [9.17, 15) is 4.79 Å². The average Bonchev–Trinajstić information content (AvgIpc) is 3.30. The van der Waals surface area contributed by atoms with Gasteiger partial charge in [0.15, 0.2) is 0 Å². The van der Waals surface area contributed by atoms with Crippen LogP contribution in [0, 0.1) is 0 Å². The normalized spacial score (nSPS) is 16.1. The second-order valence-electron chi connectivity index (χ2n) is 7.69. The lowest BCUT2D eigenvalue weighted by Crippen LogP contribution is -2.33. The Morgan fingerprint density at radius 2 is 1.60 bits per heavy atom. The van der Waals surface area contributed by atoms with Gasteiger partial charge in [-0.25, -0.2) is 0 Å². The molecule has 0 saturated carbocycles. The molecule has 156 valence electrons. The quantitative estimate of drug-likeness (QED) is 0.629. The van der Waals surface area contributed by atoms with Crippen LogP contribution in [-0.4, -0.2) is 29.2 Å². The molecule has 1 saturated heterocycles. The van der Waals surface area contributed by atoms with Crippen LogP contribution in [0.5, 0.6) is 0 Å². The number of anilines is 1. The number of amides is 1. The summed E-state index contributed by atoms with van der Waals surface area (Å²) in [6.45, 7) is 3.88. The predicted octanol–water partition coefficient (Wildman–Crippen LogP) is 4.46. The number of carbonyl (C=O) groups excluding carboxylic acids is 1. The first-order valence-electron chi connectivity index (χ1n) is 10.7. The van der Waals surface area contributed by atoms with Gasteiger partial charge in [-0.15, -0.1) is 5.10 Å². The number of rotatable bonds is 7. The third kappa shape index (κ3) is 4.53. The van der Waals surface area contributed by atoms with Gasteiger partial charge in [-0.2, -0.15) is 0 Å². The Balaban J connectivity index is 1.59. The van der Waals surface area contributed by atoms with Crippen molar-refractivity contribution in [3.05, 3.63) is 77.7 Å². The van der Waals surface area contributed by atoms with E-state index in [1.807, 2.05) is 67.6 Å². The standard InChI is InChI=1S/C24H28N4O2/c1-2-20(18-12-6-3-7-13-18)22(29)25-21(19-14-8-4-9-15-19)23-26-27-24(30-23)28-16-10-5-11-17-28/h3-4,6-9,12-15,20-21H,2,5,10-11,16-17H2,1H3,(H,25,29)/t20-,21-/m0/s1. The van der Waals surface area contributed by atoms with E-state index < -0.39 is 6.04 Å². The van der Waals surface area contributed by atoms with Gasteiger partial charge in [-0.3, -0.25) is 4.79 Å². The highest BCUT2D eigenvalue weighted by atomic mass is 16.4. The molecule has 1 amide bonds. The first-order chi connectivity index (χ1) is 14.8. The van der Waals surface area contributed by atoms with E-state index in [1.165, 1.54) is 6.42 Å². The molecule has 0 spiro atoms. The molecular formula is C24H28N4O2. The summed E-state index contributed by atoms with van der Waals surface area (Å²) >= 11 is 0. The van der Waals surface area contributed by atoms with E-state index in [0.29, 0.717) is 18.3 Å². The van der Waals surface area contributed by atoms with Gasteiger partial charge < -0.3 is 14.6 Å². The molecular weight excluding hydrogens is 376 g/mol. The summed E-state index contributed by atoms with van der Waals surface area (Å²) in [6, 6.07) is 19.7. The van der Waals surface area contributed by atoms with Gasteiger partial charge in [0.05, 0.1) is 5.92 Å². The smallest absolute Gasteiger partial charge is 0.318 e. The molecule has 6 nitrogen and oxygen atoms in total. The van der Waals surface area contributed by atoms with Crippen molar-refractivity contribution in [2.75, 3.05) is 18.0 Å². The lowest BCUT2D eigenvalue weighted by Gasteiger charge is -2.24. The highest BCUT2D eigenvalue weighted by molar-refractivity contribution is 5.84. The fourth-order valence-electron chi connectivity index (χ4n) is 3.99. The van der Waals surface area contributed by atoms with Crippen molar-refractivity contribution in [3.8, 4) is 0 Å². The summed E-state index contributed by atoms with van der Waals surface area (Å²) in [5.74, 6) is 0.134. The van der Waals surface area contributed by atoms with E-state index in [2.05, 4.69) is 20.4 Å². The lowest BCUT2D eigenvalue weighted by molar-refractivity contribution is -0.123. The summed E-state index contributed by atoms with van der Waals surface area (Å²) in [7, 11) is 0. The summed E-state index contributed by atoms with van der Waals surface area (Å²) in [5.41, 5.74) is 1.92. The lowest BCUT2D eigenvalue weighted by atomic mass is 9.95. The molecule has 3 aromatic rings. The molecule has 2 heterocycles. The van der Waals surface area contributed by atoms with Gasteiger partial charge >= 0.3 is 6.01 Å². The van der Waals surface area contributed by atoms with Crippen LogP contribution in [-0.2, 0) is 4.79 Å². The van der Waals surface area contributed by atoms with Crippen molar-refractivity contribution in [3.63, 3.8) is 0 Å². The Hall–Kier alpha value is -3.15. The van der Waals surface area contributed by atoms with Crippen LogP contribution in [0.4, 0.5) is 6.01 Å². The molecule has 2 aromatic carbocycles. The van der Waals surface area contributed by atoms with Gasteiger partial charge in [0.1, 0.15) is 6.04 Å². The number of benzene rings is 2. The average molecular weight is 405 g/mol. The van der Waals surface area contributed by atoms with E-state index in [-0.39, 0.29) is 11.8 Å². The van der Waals surface area contributed by atoms with Crippen molar-refractivity contribution < 1.29 is 9.21 Å². The van der Waals surface area contributed by atoms with Crippen LogP contribution in [0.15, 0.2) is 65.1 Å². The van der Waals surface area contributed by atoms with Gasteiger partial charge in [-0.1, -0.05) is 72.7 Å². The largest absolute Gasteiger partial charge is 0.405 e. The van der Waals surface area contributed by atoms with Crippen molar-refractivity contribution in [2.24, 2.45) is 0 Å². The first kappa shape index (κ1) is 20.1. The highest BCUT2D eigenvalue weighted by Crippen LogP contribution is 2.27. The minimum absolute atomic E-state index is 0.0460. The van der Waals surface area contributed by atoms with Gasteiger partial charge in [0, 0.05) is 13.1 Å². The van der Waals surface area contributed by atoms with Crippen molar-refractivity contribution in [2.45, 2.75) is 44.6 Å². The van der Waals surface area contributed by atoms with Gasteiger partial charge in [-0.05, 0) is 36.8 Å². The van der Waals surface area contributed by atoms with E-state index >= 15 is 0 Å². The third-order valence-electron chi connectivity index (χ3n) is 5.65. The van der Waals surface area contributed by atoms with Crippen molar-refractivity contribution in [1.29, 1.82) is 0 Å². The number of aromatic nitrogens is 2. The zero-order valence-electron chi connectivity index (χ0n) is 17.3. The summed E-state index contributed by atoms with van der Waals surface area (Å²) < 4.78 is 6.05. The van der Waals surface area contributed by atoms with Crippen LogP contribution in [0.3, 0.4) is 0 Å². The Bertz CT molecular complexity index is 936. The molecule has 6 heteroatoms. The molecule has 0 unspecified atom stereocenters. The zero-order chi connectivity index (χ0) is 20.8. The summed E-state index contributed by atoms with van der Waals surface area (Å²) in [6.07, 6.45) is 4.20. The molecule has 30 heavy (non-hydrogen) atoms. The molecule has 1 aromatic heterocycles. The number of hydrogen-bond donors (Lipinski definition) is 1. The van der Waals surface area contributed by atoms with Crippen LogP contribution in [0.1, 0.15) is 61.6 Å². The maximum atomic E-state index is 13.2. The van der Waals surface area contributed by atoms with Crippen LogP contribution >= 0.6 is 0 Å². The maximum absolute atomic E-state index is 13.2. The number of hydrogen-bond acceptors (Lipinski definition) is 5. The molecule has 1 fully saturated rings. The van der Waals surface area contributed by atoms with Crippen LogP contribution < -0.4 is 10.2 Å². The zero-order valence-corrected chi connectivity index (χ0v) is 17.3. The first-order valence-corrected chi connectivity index (χ1v) is 10.7. The molecule has 0 bridgehead atoms. The second-order valence-corrected chi connectivity index (χ2v) is 7.69. The molecule has 2 atom stereocenters. The predicted molar refractivity (Wildman–Crippen MR) is 116 cm³/mol. The Morgan fingerprint density at radius 1 is 0.967 bits per heavy atom. The maximum Gasteiger partial charge on any atom is 0.318 e. The highest BCUT2D eigenvalue weighted by Gasteiger charge is 2.28. The van der Waals surface area contributed by atoms with Crippen molar-refractivity contribution in [1.82, 2.24) is 15.5 Å². The molecule has 1 aliphatic rings. The van der Waals surface area contributed by atoms with Gasteiger partial charge in [0.2, 0.25) is 11.8 Å². The molecule has 0 aliphatic carbocycles. The van der Waals surface area contributed by atoms with E-state index in [0.717, 1.165) is 37.1 Å². The van der Waals surface area contributed by atoms with Crippen LogP contribution in [0.2, 0.25) is 0 Å². The monoisotopic (exact) mass is 404 g/mol. The SMILES string of the molecule is CC[C@H](C(=O)N[C@@H](c1ccccc1)c1nnc(N2CCCCC2)o1)c1ccccc1. The second kappa shape index (κ2) is 9.57. The van der Waals surface area contributed by atoms with E-state index in [1.54, 1.807) is 0 Å². The molecule has 1 aliphatic heterocycles. The topological polar surface area (TPSA) is 71.3 Å². The summed E-state index contributed by atoms with van der Waals surface area (Å²) in [4.78, 5) is 15.4. The number of carbonyl (C=O) groups is 1. The Morgan fingerprint density at radius 3 is 2.23 bits per heavy atom. The minimum Gasteiger partial charge on any atom is -0.405 e. The number of piperidine rings is 1. The third-order valence-corrected chi connectivity index (χ3v) is 5.65. The minimum atomic E-state index is -0.484. The Labute approximate surface area is 177 Å². The molecule has 4 rings (SSSR count).